The van der Waals surface area contributed by atoms with Crippen LogP contribution in [0.3, 0.4) is 0 Å². The Kier molecular flexibility index (Phi) is 14.1. The maximum absolute atomic E-state index is 12.9. The highest BCUT2D eigenvalue weighted by atomic mass is 32.2. The number of carbonyl (C=O) groups excluding carboxylic acids is 6. The number of nitrogens with zero attached hydrogens (tertiary/aromatic N) is 1. The van der Waals surface area contributed by atoms with E-state index in [0.29, 0.717) is 24.8 Å². The van der Waals surface area contributed by atoms with Crippen LogP contribution in [0.1, 0.15) is 76.0 Å². The van der Waals surface area contributed by atoms with Crippen molar-refractivity contribution < 1.29 is 33.2 Å². The monoisotopic (exact) mass is 552 g/mol. The minimum Gasteiger partial charge on any atom is -0.448 e. The third-order valence-electron chi connectivity index (χ3n) is 5.87. The first-order valence-electron chi connectivity index (χ1n) is 12.2. The number of benzene rings is 2. The standard InChI is InChI=1S/C27H32N2O3S.2CO2/c1-6-27(7-2,29-19(5)30)16-25(31)21-10-14-23(15-11-21)33-22-12-8-20(9-13-22)24-17-32-26(28-24)18(3)4;2*2-1-3/h8-15,17-18H,6-7,16H2,1-5H3,(H,29,30);;. The molecule has 1 aromatic heterocycles. The predicted molar refractivity (Wildman–Crippen MR) is 143 cm³/mol. The van der Waals surface area contributed by atoms with Crippen LogP contribution < -0.4 is 5.32 Å². The van der Waals surface area contributed by atoms with Gasteiger partial charge in [0.15, 0.2) is 11.7 Å². The van der Waals surface area contributed by atoms with Gasteiger partial charge in [0.1, 0.15) is 12.0 Å². The molecule has 206 valence electrons. The zero-order valence-electron chi connectivity index (χ0n) is 22.6. The van der Waals surface area contributed by atoms with Crippen LogP contribution in [-0.4, -0.2) is 34.5 Å². The van der Waals surface area contributed by atoms with Gasteiger partial charge in [0, 0.05) is 45.7 Å². The van der Waals surface area contributed by atoms with E-state index >= 15 is 0 Å². The van der Waals surface area contributed by atoms with Crippen LogP contribution in [0.2, 0.25) is 0 Å². The molecule has 1 amide bonds. The number of oxazole rings is 1. The highest BCUT2D eigenvalue weighted by Gasteiger charge is 2.30. The van der Waals surface area contributed by atoms with Gasteiger partial charge in [0.05, 0.1) is 0 Å². The summed E-state index contributed by atoms with van der Waals surface area (Å²) in [5, 5.41) is 2.99. The van der Waals surface area contributed by atoms with Gasteiger partial charge in [-0.2, -0.15) is 19.2 Å². The molecule has 39 heavy (non-hydrogen) atoms. The maximum atomic E-state index is 12.9. The fourth-order valence-corrected chi connectivity index (χ4v) is 4.54. The minimum atomic E-state index is -0.488. The molecule has 0 bridgehead atoms. The molecule has 0 aliphatic carbocycles. The molecule has 0 radical (unpaired) electrons. The molecule has 0 saturated carbocycles. The molecule has 1 heterocycles. The summed E-state index contributed by atoms with van der Waals surface area (Å²) in [7, 11) is 0. The second-order valence-corrected chi connectivity index (χ2v) is 9.96. The summed E-state index contributed by atoms with van der Waals surface area (Å²) in [4.78, 5) is 63.7. The van der Waals surface area contributed by atoms with Crippen molar-refractivity contribution in [3.8, 4) is 11.3 Å². The topological polar surface area (TPSA) is 140 Å². The van der Waals surface area contributed by atoms with Gasteiger partial charge in [-0.25, -0.2) is 4.98 Å². The first-order chi connectivity index (χ1) is 18.6. The zero-order chi connectivity index (χ0) is 29.4. The van der Waals surface area contributed by atoms with E-state index in [-0.39, 0.29) is 29.9 Å². The van der Waals surface area contributed by atoms with Crippen molar-refractivity contribution in [1.82, 2.24) is 10.3 Å². The van der Waals surface area contributed by atoms with Crippen LogP contribution in [0.5, 0.6) is 0 Å². The number of carbonyl (C=O) groups is 2. The lowest BCUT2D eigenvalue weighted by molar-refractivity contribution is -0.193. The van der Waals surface area contributed by atoms with Gasteiger partial charge in [-0.3, -0.25) is 9.59 Å². The zero-order valence-corrected chi connectivity index (χ0v) is 23.4. The van der Waals surface area contributed by atoms with Crippen molar-refractivity contribution in [2.45, 2.75) is 75.1 Å². The lowest BCUT2D eigenvalue weighted by Crippen LogP contribution is -2.48. The lowest BCUT2D eigenvalue weighted by Gasteiger charge is -2.32. The summed E-state index contributed by atoms with van der Waals surface area (Å²) in [5.41, 5.74) is 2.04. The Morgan fingerprint density at radius 3 is 1.82 bits per heavy atom. The third-order valence-corrected chi connectivity index (χ3v) is 6.89. The van der Waals surface area contributed by atoms with Gasteiger partial charge in [-0.1, -0.05) is 63.7 Å². The summed E-state index contributed by atoms with van der Waals surface area (Å²) in [6, 6.07) is 15.9. The molecule has 0 fully saturated rings. The Bertz CT molecular complexity index is 1250. The van der Waals surface area contributed by atoms with Gasteiger partial charge in [-0.15, -0.1) is 0 Å². The van der Waals surface area contributed by atoms with Crippen molar-refractivity contribution in [2.75, 3.05) is 0 Å². The van der Waals surface area contributed by atoms with E-state index in [1.807, 2.05) is 50.2 Å². The molecule has 0 aliphatic heterocycles. The molecule has 0 spiro atoms. The van der Waals surface area contributed by atoms with Crippen LogP contribution in [0, 0.1) is 0 Å². The number of hydrogen-bond donors (Lipinski definition) is 1. The van der Waals surface area contributed by atoms with Gasteiger partial charge in [-0.05, 0) is 37.1 Å². The molecule has 3 rings (SSSR count). The summed E-state index contributed by atoms with van der Waals surface area (Å²) in [6.07, 6.45) is 3.93. The largest absolute Gasteiger partial charge is 0.448 e. The van der Waals surface area contributed by atoms with Crippen molar-refractivity contribution in [3.05, 3.63) is 66.2 Å². The smallest absolute Gasteiger partial charge is 0.373 e. The van der Waals surface area contributed by atoms with E-state index < -0.39 is 5.54 Å². The Labute approximate surface area is 231 Å². The van der Waals surface area contributed by atoms with Crippen LogP contribution >= 0.6 is 11.8 Å². The molecule has 1 N–H and O–H groups in total. The predicted octanol–water partition coefficient (Wildman–Crippen LogP) is 5.72. The number of Topliss-reactive ketones (excluding diaryl/α,β-unsaturated/α-hetero) is 1. The number of ketones is 1. The summed E-state index contributed by atoms with van der Waals surface area (Å²) >= 11 is 1.64. The van der Waals surface area contributed by atoms with E-state index in [4.69, 9.17) is 23.6 Å². The van der Waals surface area contributed by atoms with Gasteiger partial charge < -0.3 is 9.73 Å². The molecule has 3 aromatic rings. The number of nitrogens with one attached hydrogen (secondary N) is 1. The SMILES string of the molecule is CCC(CC)(CC(=O)c1ccc(Sc2ccc(-c3coc(C(C)C)n3)cc2)cc1)NC(C)=O.O=C=O.O=C=O. The molecule has 9 nitrogen and oxygen atoms in total. The van der Waals surface area contributed by atoms with E-state index in [0.717, 1.165) is 26.9 Å². The average Bonchev–Trinajstić information content (AvgIpc) is 3.41. The summed E-state index contributed by atoms with van der Waals surface area (Å²) in [6.45, 7) is 9.62. The number of amides is 1. The Morgan fingerprint density at radius 1 is 0.923 bits per heavy atom. The highest BCUT2D eigenvalue weighted by Crippen LogP contribution is 2.31. The van der Waals surface area contributed by atoms with Crippen LogP contribution in [-0.2, 0) is 24.0 Å². The van der Waals surface area contributed by atoms with Crippen LogP contribution in [0.25, 0.3) is 11.3 Å². The number of aromatic nitrogens is 1. The second-order valence-electron chi connectivity index (χ2n) is 8.81. The normalized spacial score (nSPS) is 10.2. The van der Waals surface area contributed by atoms with Crippen LogP contribution in [0.15, 0.2) is 69.0 Å². The van der Waals surface area contributed by atoms with Crippen molar-refractivity contribution in [3.63, 3.8) is 0 Å². The van der Waals surface area contributed by atoms with E-state index in [1.165, 1.54) is 6.92 Å². The molecule has 0 aliphatic rings. The number of hydrogen-bond acceptors (Lipinski definition) is 9. The molecule has 2 aromatic carbocycles. The maximum Gasteiger partial charge on any atom is 0.373 e. The third kappa shape index (κ3) is 10.7. The molecule has 0 atom stereocenters. The van der Waals surface area contributed by atoms with E-state index in [2.05, 4.69) is 36.3 Å². The fraction of sp³-hybridized carbons (Fsp3) is 0.345. The molecular weight excluding hydrogens is 520 g/mol. The first-order valence-corrected chi connectivity index (χ1v) is 13.0. The van der Waals surface area contributed by atoms with Crippen molar-refractivity contribution >= 4 is 35.8 Å². The minimum absolute atomic E-state index is 0.0433. The average molecular weight is 553 g/mol. The molecular formula is C29H32N2O7S. The molecule has 0 unspecified atom stereocenters. The van der Waals surface area contributed by atoms with Gasteiger partial charge in [0.25, 0.3) is 0 Å². The summed E-state index contributed by atoms with van der Waals surface area (Å²) < 4.78 is 5.54. The lowest BCUT2D eigenvalue weighted by atomic mass is 9.85. The van der Waals surface area contributed by atoms with Crippen molar-refractivity contribution in [1.29, 1.82) is 0 Å². The van der Waals surface area contributed by atoms with E-state index in [1.54, 1.807) is 18.0 Å². The fourth-order valence-electron chi connectivity index (χ4n) is 3.73. The van der Waals surface area contributed by atoms with Gasteiger partial charge >= 0.3 is 12.3 Å². The highest BCUT2D eigenvalue weighted by molar-refractivity contribution is 7.99. The Morgan fingerprint density at radius 2 is 1.41 bits per heavy atom. The Balaban J connectivity index is 0.00000116. The Hall–Kier alpha value is -4.10. The van der Waals surface area contributed by atoms with Gasteiger partial charge in [0.2, 0.25) is 5.91 Å². The second kappa shape index (κ2) is 16.7. The summed E-state index contributed by atoms with van der Waals surface area (Å²) in [5.74, 6) is 0.939. The van der Waals surface area contributed by atoms with E-state index in [9.17, 15) is 9.59 Å². The van der Waals surface area contributed by atoms with Crippen LogP contribution in [0.4, 0.5) is 0 Å². The number of rotatable bonds is 10. The molecule has 10 heteroatoms. The quantitative estimate of drug-likeness (QED) is 0.313. The molecule has 0 saturated heterocycles. The van der Waals surface area contributed by atoms with Crippen molar-refractivity contribution in [2.24, 2.45) is 0 Å². The first kappa shape index (κ1) is 32.9.